The third-order valence-electron chi connectivity index (χ3n) is 4.84. The van der Waals surface area contributed by atoms with Gasteiger partial charge in [-0.15, -0.1) is 0 Å². The van der Waals surface area contributed by atoms with Crippen molar-refractivity contribution < 1.29 is 14.4 Å². The van der Waals surface area contributed by atoms with Crippen molar-refractivity contribution >= 4 is 17.7 Å². The van der Waals surface area contributed by atoms with Crippen LogP contribution in [0.2, 0.25) is 0 Å². The molecule has 1 aliphatic heterocycles. The molecule has 3 rings (SSSR count). The molecule has 2 aliphatic rings. The summed E-state index contributed by atoms with van der Waals surface area (Å²) in [4.78, 5) is 37.9. The highest BCUT2D eigenvalue weighted by molar-refractivity contribution is 6.07. The summed E-state index contributed by atoms with van der Waals surface area (Å²) in [5, 5.41) is 2.78. The number of benzene rings is 1. The molecule has 2 fully saturated rings. The molecule has 2 atom stereocenters. The molecule has 0 unspecified atom stereocenters. The van der Waals surface area contributed by atoms with Gasteiger partial charge in [-0.1, -0.05) is 42.7 Å². The van der Waals surface area contributed by atoms with Crippen molar-refractivity contribution in [3.8, 4) is 0 Å². The van der Waals surface area contributed by atoms with E-state index in [1.807, 2.05) is 31.2 Å². The number of amides is 3. The van der Waals surface area contributed by atoms with Crippen molar-refractivity contribution in [1.29, 1.82) is 0 Å². The highest BCUT2D eigenvalue weighted by Crippen LogP contribution is 2.37. The lowest BCUT2D eigenvalue weighted by molar-refractivity contribution is -0.143. The van der Waals surface area contributed by atoms with Crippen LogP contribution in [0.5, 0.6) is 0 Å². The number of hydrogen-bond acceptors (Lipinski definition) is 3. The summed E-state index contributed by atoms with van der Waals surface area (Å²) in [6.45, 7) is 2.26. The van der Waals surface area contributed by atoms with Crippen molar-refractivity contribution in [2.24, 2.45) is 11.8 Å². The molecule has 23 heavy (non-hydrogen) atoms. The second kappa shape index (κ2) is 6.52. The number of nitrogens with one attached hydrogen (secondary N) is 1. The average Bonchev–Trinajstić information content (AvgIpc) is 2.80. The van der Waals surface area contributed by atoms with Crippen LogP contribution in [0.3, 0.4) is 0 Å². The van der Waals surface area contributed by atoms with E-state index >= 15 is 0 Å². The summed E-state index contributed by atoms with van der Waals surface area (Å²) >= 11 is 0. The summed E-state index contributed by atoms with van der Waals surface area (Å²) in [6, 6.07) is 7.88. The Labute approximate surface area is 136 Å². The second-order valence-electron chi connectivity index (χ2n) is 6.52. The molecule has 0 aromatic heterocycles. The van der Waals surface area contributed by atoms with Crippen molar-refractivity contribution in [3.05, 3.63) is 35.4 Å². The Bertz CT molecular complexity index is 600. The lowest BCUT2D eigenvalue weighted by Crippen LogP contribution is -2.40. The van der Waals surface area contributed by atoms with Crippen LogP contribution in [0.25, 0.3) is 0 Å². The van der Waals surface area contributed by atoms with Crippen LogP contribution in [0.15, 0.2) is 24.3 Å². The SMILES string of the molecule is Cc1ccc(CNC(=O)CN2C(=O)[C@H]3CCCC[C@@H]3C2=O)cc1. The number of aryl methyl sites for hydroxylation is 1. The second-order valence-corrected chi connectivity index (χ2v) is 6.52. The summed E-state index contributed by atoms with van der Waals surface area (Å²) in [7, 11) is 0. The van der Waals surface area contributed by atoms with Gasteiger partial charge in [0.2, 0.25) is 17.7 Å². The van der Waals surface area contributed by atoms with Crippen LogP contribution in [-0.4, -0.2) is 29.2 Å². The molecule has 1 aromatic carbocycles. The van der Waals surface area contributed by atoms with Gasteiger partial charge in [0.05, 0.1) is 11.8 Å². The van der Waals surface area contributed by atoms with Gasteiger partial charge in [-0.05, 0) is 25.3 Å². The van der Waals surface area contributed by atoms with Gasteiger partial charge in [0, 0.05) is 6.54 Å². The number of carbonyl (C=O) groups excluding carboxylic acids is 3. The highest BCUT2D eigenvalue weighted by Gasteiger charge is 2.48. The van der Waals surface area contributed by atoms with E-state index in [2.05, 4.69) is 5.32 Å². The van der Waals surface area contributed by atoms with Gasteiger partial charge in [-0.25, -0.2) is 0 Å². The smallest absolute Gasteiger partial charge is 0.240 e. The van der Waals surface area contributed by atoms with E-state index in [0.717, 1.165) is 41.7 Å². The molecule has 5 heteroatoms. The summed E-state index contributed by atoms with van der Waals surface area (Å²) < 4.78 is 0. The first-order chi connectivity index (χ1) is 11.1. The first-order valence-electron chi connectivity index (χ1n) is 8.24. The molecule has 1 aliphatic carbocycles. The Hall–Kier alpha value is -2.17. The molecular formula is C18H22N2O3. The number of fused-ring (bicyclic) bond motifs is 1. The minimum absolute atomic E-state index is 0.156. The molecule has 1 saturated carbocycles. The molecule has 1 saturated heterocycles. The van der Waals surface area contributed by atoms with E-state index < -0.39 is 0 Å². The third kappa shape index (κ3) is 3.28. The van der Waals surface area contributed by atoms with Crippen molar-refractivity contribution in [2.75, 3.05) is 6.54 Å². The fourth-order valence-electron chi connectivity index (χ4n) is 3.49. The maximum absolute atomic E-state index is 12.3. The molecule has 1 N–H and O–H groups in total. The molecule has 3 amide bonds. The zero-order valence-electron chi connectivity index (χ0n) is 13.4. The molecule has 0 spiro atoms. The lowest BCUT2D eigenvalue weighted by atomic mass is 9.81. The van der Waals surface area contributed by atoms with E-state index in [1.54, 1.807) is 0 Å². The molecular weight excluding hydrogens is 292 g/mol. The minimum Gasteiger partial charge on any atom is -0.350 e. The Morgan fingerprint density at radius 2 is 1.65 bits per heavy atom. The zero-order chi connectivity index (χ0) is 16.4. The van der Waals surface area contributed by atoms with E-state index in [-0.39, 0.29) is 36.1 Å². The van der Waals surface area contributed by atoms with Gasteiger partial charge >= 0.3 is 0 Å². The van der Waals surface area contributed by atoms with Gasteiger partial charge < -0.3 is 5.32 Å². The third-order valence-corrected chi connectivity index (χ3v) is 4.84. The number of imide groups is 1. The van der Waals surface area contributed by atoms with Crippen molar-refractivity contribution in [3.63, 3.8) is 0 Å². The number of carbonyl (C=O) groups is 3. The normalized spacial score (nSPS) is 23.8. The van der Waals surface area contributed by atoms with Gasteiger partial charge in [0.1, 0.15) is 6.54 Å². The Kier molecular flexibility index (Phi) is 4.46. The van der Waals surface area contributed by atoms with Crippen LogP contribution < -0.4 is 5.32 Å². The van der Waals surface area contributed by atoms with Crippen LogP contribution in [0, 0.1) is 18.8 Å². The topological polar surface area (TPSA) is 66.5 Å². The summed E-state index contributed by atoms with van der Waals surface area (Å²) in [5.41, 5.74) is 2.16. The first kappa shape index (κ1) is 15.7. The fourth-order valence-corrected chi connectivity index (χ4v) is 3.49. The van der Waals surface area contributed by atoms with Crippen molar-refractivity contribution in [1.82, 2.24) is 10.2 Å². The van der Waals surface area contributed by atoms with E-state index in [0.29, 0.717) is 6.54 Å². The van der Waals surface area contributed by atoms with Crippen LogP contribution in [-0.2, 0) is 20.9 Å². The maximum Gasteiger partial charge on any atom is 0.240 e. The number of likely N-dealkylation sites (tertiary alicyclic amines) is 1. The van der Waals surface area contributed by atoms with Crippen LogP contribution in [0.1, 0.15) is 36.8 Å². The summed E-state index contributed by atoms with van der Waals surface area (Å²) in [6.07, 6.45) is 3.54. The first-order valence-corrected chi connectivity index (χ1v) is 8.24. The van der Waals surface area contributed by atoms with Gasteiger partial charge in [0.25, 0.3) is 0 Å². The van der Waals surface area contributed by atoms with E-state index in [9.17, 15) is 14.4 Å². The van der Waals surface area contributed by atoms with Gasteiger partial charge in [-0.3, -0.25) is 19.3 Å². The predicted octanol–water partition coefficient (Wildman–Crippen LogP) is 1.79. The largest absolute Gasteiger partial charge is 0.350 e. The quantitative estimate of drug-likeness (QED) is 0.862. The number of nitrogens with zero attached hydrogens (tertiary/aromatic N) is 1. The van der Waals surface area contributed by atoms with Crippen molar-refractivity contribution in [2.45, 2.75) is 39.2 Å². The van der Waals surface area contributed by atoms with E-state index in [1.165, 1.54) is 0 Å². The predicted molar refractivity (Wildman–Crippen MR) is 85.2 cm³/mol. The Balaban J connectivity index is 1.56. The minimum atomic E-state index is -0.286. The number of rotatable bonds is 4. The fraction of sp³-hybridized carbons (Fsp3) is 0.500. The van der Waals surface area contributed by atoms with E-state index in [4.69, 9.17) is 0 Å². The molecule has 122 valence electrons. The molecule has 0 radical (unpaired) electrons. The molecule has 1 heterocycles. The van der Waals surface area contributed by atoms with Crippen LogP contribution >= 0.6 is 0 Å². The van der Waals surface area contributed by atoms with Gasteiger partial charge in [-0.2, -0.15) is 0 Å². The van der Waals surface area contributed by atoms with Gasteiger partial charge in [0.15, 0.2) is 0 Å². The molecule has 5 nitrogen and oxygen atoms in total. The maximum atomic E-state index is 12.3. The summed E-state index contributed by atoms with van der Waals surface area (Å²) in [5.74, 6) is -0.997. The lowest BCUT2D eigenvalue weighted by Gasteiger charge is -2.19. The Morgan fingerprint density at radius 1 is 1.09 bits per heavy atom. The zero-order valence-corrected chi connectivity index (χ0v) is 13.4. The average molecular weight is 314 g/mol. The highest BCUT2D eigenvalue weighted by atomic mass is 16.2. The Morgan fingerprint density at radius 3 is 2.22 bits per heavy atom. The molecule has 1 aromatic rings. The van der Waals surface area contributed by atoms with Crippen LogP contribution in [0.4, 0.5) is 0 Å². The monoisotopic (exact) mass is 314 g/mol. The number of hydrogen-bond donors (Lipinski definition) is 1. The standard InChI is InChI=1S/C18H22N2O3/c1-12-6-8-13(9-7-12)10-19-16(21)11-20-17(22)14-4-2-3-5-15(14)18(20)23/h6-9,14-15H,2-5,10-11H2,1H3,(H,19,21)/t14-,15-/m0/s1. The molecule has 0 bridgehead atoms.